The molecule has 27 heavy (non-hydrogen) atoms. The van der Waals surface area contributed by atoms with Crippen LogP contribution in [0.25, 0.3) is 10.9 Å². The van der Waals surface area contributed by atoms with E-state index in [9.17, 15) is 17.2 Å². The van der Waals surface area contributed by atoms with E-state index in [0.717, 1.165) is 38.1 Å². The Morgan fingerprint density at radius 2 is 1.63 bits per heavy atom. The molecule has 1 aromatic heterocycles. The third kappa shape index (κ3) is 3.26. The van der Waals surface area contributed by atoms with E-state index >= 15 is 0 Å². The lowest BCUT2D eigenvalue weighted by atomic mass is 9.89. The van der Waals surface area contributed by atoms with Crippen LogP contribution >= 0.6 is 0 Å². The van der Waals surface area contributed by atoms with Gasteiger partial charge in [-0.05, 0) is 81.4 Å². The quantitative estimate of drug-likeness (QED) is 0.686. The van der Waals surface area contributed by atoms with Crippen LogP contribution in [0.2, 0.25) is 0 Å². The van der Waals surface area contributed by atoms with E-state index in [1.165, 1.54) is 24.3 Å². The molecule has 4 nitrogen and oxygen atoms in total. The molecule has 1 fully saturated rings. The van der Waals surface area contributed by atoms with Gasteiger partial charge in [0.2, 0.25) is 9.84 Å². The number of likely N-dealkylation sites (tertiary alicyclic amines) is 1. The summed E-state index contributed by atoms with van der Waals surface area (Å²) in [5, 5.41) is 0.689. The van der Waals surface area contributed by atoms with Crippen LogP contribution in [0.1, 0.15) is 24.3 Å². The van der Waals surface area contributed by atoms with Crippen LogP contribution in [0.3, 0.4) is 0 Å². The maximum Gasteiger partial charge on any atom is 0.222 e. The van der Waals surface area contributed by atoms with Crippen molar-refractivity contribution in [3.8, 4) is 0 Å². The van der Waals surface area contributed by atoms with Crippen LogP contribution < -0.4 is 0 Å². The number of aromatic amines is 1. The molecule has 1 saturated heterocycles. The molecule has 0 radical (unpaired) electrons. The summed E-state index contributed by atoms with van der Waals surface area (Å²) < 4.78 is 53.7. The molecule has 1 aliphatic heterocycles. The second-order valence-corrected chi connectivity index (χ2v) is 8.98. The number of nitrogens with zero attached hydrogens (tertiary/aromatic N) is 1. The highest BCUT2D eigenvalue weighted by atomic mass is 32.2. The Morgan fingerprint density at radius 1 is 1.00 bits per heavy atom. The first-order chi connectivity index (χ1) is 12.9. The predicted octanol–water partition coefficient (Wildman–Crippen LogP) is 4.09. The van der Waals surface area contributed by atoms with Crippen molar-refractivity contribution in [2.45, 2.75) is 28.7 Å². The number of rotatable bonds is 3. The van der Waals surface area contributed by atoms with E-state index in [0.29, 0.717) is 16.5 Å². The Hall–Kier alpha value is -2.25. The maximum atomic E-state index is 13.9. The zero-order chi connectivity index (χ0) is 19.2. The van der Waals surface area contributed by atoms with Gasteiger partial charge in [0.25, 0.3) is 0 Å². The Labute approximate surface area is 156 Å². The minimum atomic E-state index is -3.88. The molecule has 7 heteroatoms. The molecule has 4 rings (SSSR count). The molecule has 142 valence electrons. The van der Waals surface area contributed by atoms with Gasteiger partial charge in [-0.2, -0.15) is 0 Å². The first kappa shape index (κ1) is 18.1. The maximum absolute atomic E-state index is 13.9. The number of sulfone groups is 1. The third-order valence-electron chi connectivity index (χ3n) is 5.28. The number of aromatic nitrogens is 1. The third-order valence-corrected chi connectivity index (χ3v) is 7.04. The molecular weight excluding hydrogens is 370 g/mol. The van der Waals surface area contributed by atoms with Gasteiger partial charge in [-0.15, -0.1) is 0 Å². The van der Waals surface area contributed by atoms with Gasteiger partial charge in [0, 0.05) is 16.5 Å². The van der Waals surface area contributed by atoms with Crippen LogP contribution in [0.4, 0.5) is 8.78 Å². The highest BCUT2D eigenvalue weighted by Crippen LogP contribution is 2.39. The van der Waals surface area contributed by atoms with Crippen molar-refractivity contribution in [2.24, 2.45) is 0 Å². The number of hydrogen-bond acceptors (Lipinski definition) is 3. The first-order valence-corrected chi connectivity index (χ1v) is 10.3. The van der Waals surface area contributed by atoms with Gasteiger partial charge in [-0.25, -0.2) is 17.2 Å². The Kier molecular flexibility index (Phi) is 4.52. The molecule has 1 N–H and O–H groups in total. The van der Waals surface area contributed by atoms with Crippen LogP contribution in [0.15, 0.2) is 52.4 Å². The molecule has 2 heterocycles. The van der Waals surface area contributed by atoms with E-state index in [1.54, 1.807) is 6.07 Å². The number of fused-ring (bicyclic) bond motifs is 1. The topological polar surface area (TPSA) is 53.2 Å². The van der Waals surface area contributed by atoms with Gasteiger partial charge in [0.05, 0.1) is 4.90 Å². The average Bonchev–Trinajstić information content (AvgIpc) is 3.02. The normalized spacial score (nSPS) is 16.9. The van der Waals surface area contributed by atoms with Crippen molar-refractivity contribution in [3.05, 3.63) is 59.7 Å². The average molecular weight is 390 g/mol. The fourth-order valence-electron chi connectivity index (χ4n) is 3.81. The highest BCUT2D eigenvalue weighted by molar-refractivity contribution is 7.91. The zero-order valence-electron chi connectivity index (χ0n) is 14.9. The van der Waals surface area contributed by atoms with Crippen molar-refractivity contribution in [1.29, 1.82) is 0 Å². The summed E-state index contributed by atoms with van der Waals surface area (Å²) in [6, 6.07) is 9.04. The largest absolute Gasteiger partial charge is 0.345 e. The minimum Gasteiger partial charge on any atom is -0.345 e. The van der Waals surface area contributed by atoms with Crippen LogP contribution in [-0.2, 0) is 9.84 Å². The van der Waals surface area contributed by atoms with Crippen LogP contribution in [-0.4, -0.2) is 38.4 Å². The summed E-state index contributed by atoms with van der Waals surface area (Å²) >= 11 is 0. The second-order valence-electron chi connectivity index (χ2n) is 7.09. The molecule has 3 aromatic rings. The summed E-state index contributed by atoms with van der Waals surface area (Å²) in [6.07, 6.45) is 1.60. The smallest absolute Gasteiger partial charge is 0.222 e. The molecule has 0 unspecified atom stereocenters. The lowest BCUT2D eigenvalue weighted by Crippen LogP contribution is -2.29. The molecule has 0 amide bonds. The molecule has 0 aliphatic carbocycles. The highest BCUT2D eigenvalue weighted by Gasteiger charge is 2.31. The molecule has 1 aliphatic rings. The van der Waals surface area contributed by atoms with Gasteiger partial charge in [-0.3, -0.25) is 0 Å². The number of halogens is 2. The SMILES string of the molecule is CN1CCC(c2c(S(=O)(=O)c3ccc(F)cc3)[nH]c3ccc(F)cc23)CC1. The van der Waals surface area contributed by atoms with Crippen LogP contribution in [0.5, 0.6) is 0 Å². The Morgan fingerprint density at radius 3 is 2.30 bits per heavy atom. The Bertz CT molecular complexity index is 1080. The first-order valence-electron chi connectivity index (χ1n) is 8.86. The van der Waals surface area contributed by atoms with Crippen molar-refractivity contribution in [2.75, 3.05) is 20.1 Å². The van der Waals surface area contributed by atoms with Gasteiger partial charge in [0.1, 0.15) is 16.7 Å². The van der Waals surface area contributed by atoms with Gasteiger partial charge < -0.3 is 9.88 Å². The molecule has 0 atom stereocenters. The number of benzene rings is 2. The van der Waals surface area contributed by atoms with Gasteiger partial charge in [-0.1, -0.05) is 0 Å². The van der Waals surface area contributed by atoms with Crippen molar-refractivity contribution in [1.82, 2.24) is 9.88 Å². The van der Waals surface area contributed by atoms with Crippen molar-refractivity contribution >= 4 is 20.7 Å². The zero-order valence-corrected chi connectivity index (χ0v) is 15.7. The van der Waals surface area contributed by atoms with Crippen molar-refractivity contribution in [3.63, 3.8) is 0 Å². The van der Waals surface area contributed by atoms with Gasteiger partial charge >= 0.3 is 0 Å². The molecule has 0 bridgehead atoms. The lowest BCUT2D eigenvalue weighted by molar-refractivity contribution is 0.254. The van der Waals surface area contributed by atoms with Gasteiger partial charge in [0.15, 0.2) is 0 Å². The van der Waals surface area contributed by atoms with E-state index in [2.05, 4.69) is 9.88 Å². The summed E-state index contributed by atoms with van der Waals surface area (Å²) in [7, 11) is -1.85. The number of H-pyrrole nitrogens is 1. The second kappa shape index (κ2) is 6.73. The summed E-state index contributed by atoms with van der Waals surface area (Å²) in [5.41, 5.74) is 1.23. The van der Waals surface area contributed by atoms with E-state index in [-0.39, 0.29) is 15.8 Å². The lowest BCUT2D eigenvalue weighted by Gasteiger charge is -2.29. The summed E-state index contributed by atoms with van der Waals surface area (Å²) in [4.78, 5) is 5.20. The predicted molar refractivity (Wildman–Crippen MR) is 99.6 cm³/mol. The molecule has 2 aromatic carbocycles. The van der Waals surface area contributed by atoms with Crippen LogP contribution in [0, 0.1) is 11.6 Å². The molecular formula is C20H20F2N2O2S. The molecule has 0 spiro atoms. The Balaban J connectivity index is 1.91. The fraction of sp³-hybridized carbons (Fsp3) is 0.300. The van der Waals surface area contributed by atoms with E-state index in [4.69, 9.17) is 0 Å². The number of hydrogen-bond donors (Lipinski definition) is 1. The van der Waals surface area contributed by atoms with E-state index in [1.807, 2.05) is 7.05 Å². The van der Waals surface area contributed by atoms with Crippen molar-refractivity contribution < 1.29 is 17.2 Å². The minimum absolute atomic E-state index is 0.0157. The summed E-state index contributed by atoms with van der Waals surface area (Å²) in [5.74, 6) is -0.883. The number of nitrogens with one attached hydrogen (secondary N) is 1. The monoisotopic (exact) mass is 390 g/mol. The van der Waals surface area contributed by atoms with E-state index < -0.39 is 21.5 Å². The summed E-state index contributed by atoms with van der Waals surface area (Å²) in [6.45, 7) is 1.70. The molecule has 0 saturated carbocycles. The number of piperidine rings is 1. The fourth-order valence-corrected chi connectivity index (χ4v) is 5.35. The standard InChI is InChI=1S/C20H20F2N2O2S/c1-24-10-8-13(9-11-24)19-17-12-15(22)4-7-18(17)23-20(19)27(25,26)16-5-2-14(21)3-6-16/h2-7,12-13,23H,8-11H2,1H3.